The minimum absolute atomic E-state index is 0.0580. The van der Waals surface area contributed by atoms with Crippen LogP contribution in [0.15, 0.2) is 36.4 Å². The molecule has 5 nitrogen and oxygen atoms in total. The number of hydrogen-bond acceptors (Lipinski definition) is 4. The van der Waals surface area contributed by atoms with Gasteiger partial charge in [0.2, 0.25) is 0 Å². The molecule has 0 fully saturated rings. The average Bonchev–Trinajstić information content (AvgIpc) is 2.61. The molecule has 0 aromatic heterocycles. The number of hydrogen-bond donors (Lipinski definition) is 1. The molecule has 0 spiro atoms. The molecule has 5 heteroatoms. The molecule has 0 aliphatic carbocycles. The minimum Gasteiger partial charge on any atom is -0.493 e. The van der Waals surface area contributed by atoms with Gasteiger partial charge in [-0.3, -0.25) is 4.79 Å². The van der Waals surface area contributed by atoms with Gasteiger partial charge in [-0.15, -0.1) is 0 Å². The van der Waals surface area contributed by atoms with E-state index in [1.165, 1.54) is 0 Å². The van der Waals surface area contributed by atoms with Gasteiger partial charge < -0.3 is 19.5 Å². The summed E-state index contributed by atoms with van der Waals surface area (Å²) in [6, 6.07) is 11.3. The molecule has 0 radical (unpaired) electrons. The monoisotopic (exact) mass is 343 g/mol. The first-order valence-corrected chi connectivity index (χ1v) is 8.20. The number of para-hydroxylation sites is 1. The van der Waals surface area contributed by atoms with Crippen molar-refractivity contribution in [3.63, 3.8) is 0 Å². The smallest absolute Gasteiger partial charge is 0.262 e. The van der Waals surface area contributed by atoms with Crippen molar-refractivity contribution < 1.29 is 19.0 Å². The van der Waals surface area contributed by atoms with Crippen molar-refractivity contribution in [1.82, 2.24) is 0 Å². The van der Waals surface area contributed by atoms with E-state index in [4.69, 9.17) is 14.2 Å². The van der Waals surface area contributed by atoms with E-state index < -0.39 is 0 Å². The van der Waals surface area contributed by atoms with Crippen molar-refractivity contribution in [2.24, 2.45) is 0 Å². The minimum atomic E-state index is -0.228. The first kappa shape index (κ1) is 18.6. The Balaban J connectivity index is 2.06. The fraction of sp³-hybridized carbons (Fsp3) is 0.350. The summed E-state index contributed by atoms with van der Waals surface area (Å²) in [7, 11) is 3.14. The zero-order chi connectivity index (χ0) is 18.4. The van der Waals surface area contributed by atoms with Crippen LogP contribution < -0.4 is 19.5 Å². The van der Waals surface area contributed by atoms with Crippen molar-refractivity contribution >= 4 is 11.6 Å². The van der Waals surface area contributed by atoms with Gasteiger partial charge in [-0.2, -0.15) is 0 Å². The van der Waals surface area contributed by atoms with Gasteiger partial charge in [0, 0.05) is 11.8 Å². The van der Waals surface area contributed by atoms with Gasteiger partial charge in [0.25, 0.3) is 5.91 Å². The van der Waals surface area contributed by atoms with Crippen LogP contribution in [0.25, 0.3) is 0 Å². The quantitative estimate of drug-likeness (QED) is 0.820. The summed E-state index contributed by atoms with van der Waals surface area (Å²) in [4.78, 5) is 12.3. The summed E-state index contributed by atoms with van der Waals surface area (Å²) in [5.74, 6) is 2.02. The van der Waals surface area contributed by atoms with Crippen LogP contribution in [0.4, 0.5) is 5.69 Å². The molecule has 0 saturated carbocycles. The molecule has 2 rings (SSSR count). The Labute approximate surface area is 148 Å². The van der Waals surface area contributed by atoms with Crippen LogP contribution in [0.1, 0.15) is 30.9 Å². The first-order chi connectivity index (χ1) is 12.0. The Hall–Kier alpha value is -2.69. The lowest BCUT2D eigenvalue weighted by Crippen LogP contribution is -2.21. The zero-order valence-electron chi connectivity index (χ0n) is 15.4. The molecule has 2 aromatic carbocycles. The summed E-state index contributed by atoms with van der Waals surface area (Å²) in [5, 5.41) is 2.86. The van der Waals surface area contributed by atoms with Crippen LogP contribution in [0.5, 0.6) is 17.2 Å². The Morgan fingerprint density at radius 2 is 1.68 bits per heavy atom. The number of anilines is 1. The predicted molar refractivity (Wildman–Crippen MR) is 98.9 cm³/mol. The molecule has 2 aromatic rings. The molecule has 0 saturated heterocycles. The highest BCUT2D eigenvalue weighted by molar-refractivity contribution is 5.93. The van der Waals surface area contributed by atoms with Crippen molar-refractivity contribution in [2.75, 3.05) is 26.1 Å². The van der Waals surface area contributed by atoms with E-state index in [1.807, 2.05) is 37.3 Å². The van der Waals surface area contributed by atoms with Crippen molar-refractivity contribution in [2.45, 2.75) is 26.7 Å². The number of amides is 1. The third-order valence-electron chi connectivity index (χ3n) is 3.90. The molecular weight excluding hydrogens is 318 g/mol. The van der Waals surface area contributed by atoms with E-state index in [9.17, 15) is 4.79 Å². The van der Waals surface area contributed by atoms with E-state index in [-0.39, 0.29) is 12.5 Å². The SMILES string of the molecule is COc1cc(C)c(NC(=O)COc2ccccc2C(C)C)cc1OC. The highest BCUT2D eigenvalue weighted by atomic mass is 16.5. The van der Waals surface area contributed by atoms with Crippen LogP contribution >= 0.6 is 0 Å². The van der Waals surface area contributed by atoms with E-state index in [1.54, 1.807) is 20.3 Å². The summed E-state index contributed by atoms with van der Waals surface area (Å²) in [6.07, 6.45) is 0. The number of methoxy groups -OCH3 is 2. The topological polar surface area (TPSA) is 56.8 Å². The van der Waals surface area contributed by atoms with Crippen LogP contribution in [0, 0.1) is 6.92 Å². The van der Waals surface area contributed by atoms with Gasteiger partial charge in [-0.05, 0) is 36.1 Å². The lowest BCUT2D eigenvalue weighted by atomic mass is 10.0. The molecule has 0 bridgehead atoms. The van der Waals surface area contributed by atoms with Gasteiger partial charge in [-0.25, -0.2) is 0 Å². The number of carbonyl (C=O) groups excluding carboxylic acids is 1. The third-order valence-corrected chi connectivity index (χ3v) is 3.90. The van der Waals surface area contributed by atoms with Crippen LogP contribution in [0.2, 0.25) is 0 Å². The molecule has 1 N–H and O–H groups in total. The number of carbonyl (C=O) groups is 1. The lowest BCUT2D eigenvalue weighted by molar-refractivity contribution is -0.118. The highest BCUT2D eigenvalue weighted by Gasteiger charge is 2.13. The summed E-state index contributed by atoms with van der Waals surface area (Å²) in [5.41, 5.74) is 2.63. The maximum atomic E-state index is 12.3. The molecule has 0 heterocycles. The predicted octanol–water partition coefficient (Wildman–Crippen LogP) is 4.15. The number of nitrogens with one attached hydrogen (secondary N) is 1. The molecular formula is C20H25NO4. The summed E-state index contributed by atoms with van der Waals surface area (Å²) < 4.78 is 16.2. The Kier molecular flexibility index (Phi) is 6.28. The molecule has 25 heavy (non-hydrogen) atoms. The normalized spacial score (nSPS) is 10.5. The fourth-order valence-corrected chi connectivity index (χ4v) is 2.53. The van der Waals surface area contributed by atoms with Gasteiger partial charge in [-0.1, -0.05) is 32.0 Å². The van der Waals surface area contributed by atoms with E-state index in [0.717, 1.165) is 16.9 Å². The molecule has 0 aliphatic heterocycles. The van der Waals surface area contributed by atoms with E-state index in [2.05, 4.69) is 19.2 Å². The second kappa shape index (κ2) is 8.42. The number of benzene rings is 2. The fourth-order valence-electron chi connectivity index (χ4n) is 2.53. The first-order valence-electron chi connectivity index (χ1n) is 8.20. The van der Waals surface area contributed by atoms with Crippen LogP contribution in [-0.4, -0.2) is 26.7 Å². The summed E-state index contributed by atoms with van der Waals surface area (Å²) >= 11 is 0. The van der Waals surface area contributed by atoms with Gasteiger partial charge in [0.15, 0.2) is 18.1 Å². The Morgan fingerprint density at radius 3 is 2.32 bits per heavy atom. The van der Waals surface area contributed by atoms with Gasteiger partial charge >= 0.3 is 0 Å². The van der Waals surface area contributed by atoms with Gasteiger partial charge in [0.05, 0.1) is 14.2 Å². The molecule has 0 unspecified atom stereocenters. The Bertz CT molecular complexity index is 740. The second-order valence-corrected chi connectivity index (χ2v) is 6.05. The molecule has 0 aliphatic rings. The number of aryl methyl sites for hydroxylation is 1. The van der Waals surface area contributed by atoms with E-state index >= 15 is 0 Å². The molecule has 134 valence electrons. The van der Waals surface area contributed by atoms with Crippen molar-refractivity contribution in [3.05, 3.63) is 47.5 Å². The standard InChI is InChI=1S/C20H25NO4/c1-13(2)15-8-6-7-9-17(15)25-12-20(22)21-16-11-19(24-5)18(23-4)10-14(16)3/h6-11,13H,12H2,1-5H3,(H,21,22). The number of ether oxygens (including phenoxy) is 3. The molecule has 1 amide bonds. The maximum Gasteiger partial charge on any atom is 0.262 e. The lowest BCUT2D eigenvalue weighted by Gasteiger charge is -2.15. The average molecular weight is 343 g/mol. The largest absolute Gasteiger partial charge is 0.493 e. The third kappa shape index (κ3) is 4.66. The maximum absolute atomic E-state index is 12.3. The van der Waals surface area contributed by atoms with Crippen molar-refractivity contribution in [1.29, 1.82) is 0 Å². The molecule has 0 atom stereocenters. The van der Waals surface area contributed by atoms with Gasteiger partial charge in [0.1, 0.15) is 5.75 Å². The van der Waals surface area contributed by atoms with Crippen LogP contribution in [-0.2, 0) is 4.79 Å². The Morgan fingerprint density at radius 1 is 1.04 bits per heavy atom. The highest BCUT2D eigenvalue weighted by Crippen LogP contribution is 2.33. The summed E-state index contributed by atoms with van der Waals surface area (Å²) in [6.45, 7) is 6.02. The van der Waals surface area contributed by atoms with Crippen molar-refractivity contribution in [3.8, 4) is 17.2 Å². The van der Waals surface area contributed by atoms with Crippen LogP contribution in [0.3, 0.4) is 0 Å². The van der Waals surface area contributed by atoms with E-state index in [0.29, 0.717) is 23.1 Å². The second-order valence-electron chi connectivity index (χ2n) is 6.05. The zero-order valence-corrected chi connectivity index (χ0v) is 15.4. The number of rotatable bonds is 7.